The van der Waals surface area contributed by atoms with Crippen LogP contribution in [0.2, 0.25) is 0 Å². The maximum atomic E-state index is 11.9. The molecule has 0 unspecified atom stereocenters. The Balaban J connectivity index is 1.60. The second kappa shape index (κ2) is 7.00. The van der Waals surface area contributed by atoms with Gasteiger partial charge in [-0.3, -0.25) is 4.79 Å². The lowest BCUT2D eigenvalue weighted by molar-refractivity contribution is -0.119. The molecule has 0 saturated carbocycles. The maximum absolute atomic E-state index is 11.9. The number of hydrogen-bond acceptors (Lipinski definition) is 3. The van der Waals surface area contributed by atoms with E-state index >= 15 is 0 Å². The first-order valence-electron chi connectivity index (χ1n) is 7.84. The first-order valence-corrected chi connectivity index (χ1v) is 7.84. The maximum Gasteiger partial charge on any atom is 0.259 e. The summed E-state index contributed by atoms with van der Waals surface area (Å²) in [5, 5.41) is 8.27. The molecule has 0 fully saturated rings. The van der Waals surface area contributed by atoms with Crippen molar-refractivity contribution in [3.05, 3.63) is 65.4 Å². The van der Waals surface area contributed by atoms with Gasteiger partial charge in [0.15, 0.2) is 0 Å². The lowest BCUT2D eigenvalue weighted by Crippen LogP contribution is -2.26. The Bertz CT molecular complexity index is 895. The van der Waals surface area contributed by atoms with Gasteiger partial charge in [-0.05, 0) is 31.5 Å². The number of nitrogens with one attached hydrogen (secondary N) is 3. The van der Waals surface area contributed by atoms with Gasteiger partial charge in [-0.1, -0.05) is 36.4 Å². The van der Waals surface area contributed by atoms with Gasteiger partial charge in [0, 0.05) is 27.8 Å². The molecule has 122 valence electrons. The number of hydrogen-bond donors (Lipinski definition) is 3. The Labute approximate surface area is 140 Å². The topological polar surface area (TPSA) is 69.3 Å². The average Bonchev–Trinajstić information content (AvgIpc) is 2.90. The van der Waals surface area contributed by atoms with Crippen LogP contribution in [0.5, 0.6) is 0 Å². The minimum atomic E-state index is -0.188. The Kier molecular flexibility index (Phi) is 4.61. The number of carbonyl (C=O) groups excluding carboxylic acids is 1. The van der Waals surface area contributed by atoms with Gasteiger partial charge in [0.25, 0.3) is 5.91 Å². The zero-order valence-corrected chi connectivity index (χ0v) is 13.8. The van der Waals surface area contributed by atoms with Crippen molar-refractivity contribution in [3.8, 4) is 0 Å². The summed E-state index contributed by atoms with van der Waals surface area (Å²) >= 11 is 0. The summed E-state index contributed by atoms with van der Waals surface area (Å²) in [7, 11) is 0. The molecule has 1 amide bonds. The second-order valence-corrected chi connectivity index (χ2v) is 5.67. The summed E-state index contributed by atoms with van der Waals surface area (Å²) in [6.45, 7) is 4.16. The molecule has 2 aromatic carbocycles. The molecule has 1 aromatic heterocycles. The van der Waals surface area contributed by atoms with Crippen molar-refractivity contribution in [2.45, 2.75) is 13.8 Å². The molecule has 5 heteroatoms. The van der Waals surface area contributed by atoms with Gasteiger partial charge in [0.05, 0.1) is 12.8 Å². The van der Waals surface area contributed by atoms with Crippen LogP contribution in [0.4, 0.5) is 5.69 Å². The predicted octanol–water partition coefficient (Wildman–Crippen LogP) is 3.35. The van der Waals surface area contributed by atoms with Crippen molar-refractivity contribution in [2.75, 3.05) is 11.9 Å². The summed E-state index contributed by atoms with van der Waals surface area (Å²) < 4.78 is 0. The Hall–Kier alpha value is -3.08. The number of aromatic nitrogens is 1. The number of hydrazone groups is 1. The number of nitrogens with zero attached hydrogens (tertiary/aromatic N) is 1. The van der Waals surface area contributed by atoms with E-state index in [1.807, 2.05) is 62.4 Å². The average molecular weight is 320 g/mol. The van der Waals surface area contributed by atoms with Crippen molar-refractivity contribution < 1.29 is 4.79 Å². The number of fused-ring (bicyclic) bond motifs is 1. The molecule has 0 atom stereocenters. The lowest BCUT2D eigenvalue weighted by atomic mass is 10.1. The molecular weight excluding hydrogens is 300 g/mol. The van der Waals surface area contributed by atoms with Crippen LogP contribution in [0.15, 0.2) is 53.6 Å². The fourth-order valence-electron chi connectivity index (χ4n) is 2.62. The lowest BCUT2D eigenvalue weighted by Gasteiger charge is -2.07. The molecule has 3 rings (SSSR count). The minimum Gasteiger partial charge on any atom is -0.376 e. The van der Waals surface area contributed by atoms with E-state index in [-0.39, 0.29) is 12.5 Å². The molecule has 0 saturated heterocycles. The molecule has 0 radical (unpaired) electrons. The second-order valence-electron chi connectivity index (χ2n) is 5.67. The summed E-state index contributed by atoms with van der Waals surface area (Å²) in [6.07, 6.45) is 1.68. The van der Waals surface area contributed by atoms with E-state index in [2.05, 4.69) is 20.8 Å². The third-order valence-corrected chi connectivity index (χ3v) is 3.91. The zero-order chi connectivity index (χ0) is 16.9. The largest absolute Gasteiger partial charge is 0.376 e. The number of rotatable bonds is 5. The molecule has 3 N–H and O–H groups in total. The fraction of sp³-hybridized carbons (Fsp3) is 0.158. The van der Waals surface area contributed by atoms with E-state index in [1.165, 1.54) is 0 Å². The van der Waals surface area contributed by atoms with Crippen LogP contribution < -0.4 is 10.7 Å². The van der Waals surface area contributed by atoms with E-state index < -0.39 is 0 Å². The fourth-order valence-corrected chi connectivity index (χ4v) is 2.62. The smallest absolute Gasteiger partial charge is 0.259 e. The number of para-hydroxylation sites is 2. The first kappa shape index (κ1) is 15.8. The standard InChI is InChI=1S/C19H20N4O/c1-13-7-3-5-9-17(13)20-12-19(24)23-21-11-16-14(2)22-18-10-6-4-8-15(16)18/h3-11,20,22H,12H2,1-2H3,(H,23,24). The van der Waals surface area contributed by atoms with Crippen molar-refractivity contribution in [2.24, 2.45) is 5.10 Å². The van der Waals surface area contributed by atoms with Crippen LogP contribution in [0, 0.1) is 13.8 Å². The zero-order valence-electron chi connectivity index (χ0n) is 13.8. The van der Waals surface area contributed by atoms with Crippen molar-refractivity contribution in [1.29, 1.82) is 0 Å². The Morgan fingerprint density at radius 3 is 2.71 bits per heavy atom. The normalized spacial score (nSPS) is 11.1. The molecule has 0 spiro atoms. The number of aromatic amines is 1. The highest BCUT2D eigenvalue weighted by atomic mass is 16.2. The predicted molar refractivity (Wildman–Crippen MR) is 98.4 cm³/mol. The molecule has 1 heterocycles. The number of anilines is 1. The third kappa shape index (κ3) is 3.46. The van der Waals surface area contributed by atoms with Gasteiger partial charge in [0.1, 0.15) is 0 Å². The highest BCUT2D eigenvalue weighted by molar-refractivity contribution is 6.00. The van der Waals surface area contributed by atoms with Crippen molar-refractivity contribution in [1.82, 2.24) is 10.4 Å². The van der Waals surface area contributed by atoms with Crippen LogP contribution in [0.25, 0.3) is 10.9 Å². The summed E-state index contributed by atoms with van der Waals surface area (Å²) in [4.78, 5) is 15.2. The van der Waals surface area contributed by atoms with Crippen molar-refractivity contribution in [3.63, 3.8) is 0 Å². The van der Waals surface area contributed by atoms with Crippen LogP contribution in [-0.2, 0) is 4.79 Å². The summed E-state index contributed by atoms with van der Waals surface area (Å²) in [6, 6.07) is 15.9. The van der Waals surface area contributed by atoms with E-state index in [0.29, 0.717) is 0 Å². The number of H-pyrrole nitrogens is 1. The summed E-state index contributed by atoms with van der Waals surface area (Å²) in [5.74, 6) is -0.188. The number of amides is 1. The van der Waals surface area contributed by atoms with Gasteiger partial charge >= 0.3 is 0 Å². The van der Waals surface area contributed by atoms with Crippen LogP contribution in [0.1, 0.15) is 16.8 Å². The van der Waals surface area contributed by atoms with E-state index in [1.54, 1.807) is 6.21 Å². The number of carbonyl (C=O) groups is 1. The van der Waals surface area contributed by atoms with Gasteiger partial charge in [-0.2, -0.15) is 5.10 Å². The third-order valence-electron chi connectivity index (χ3n) is 3.91. The molecule has 0 aliphatic heterocycles. The van der Waals surface area contributed by atoms with Gasteiger partial charge < -0.3 is 10.3 Å². The van der Waals surface area contributed by atoms with Crippen molar-refractivity contribution >= 4 is 28.7 Å². The number of benzene rings is 2. The van der Waals surface area contributed by atoms with E-state index in [0.717, 1.165) is 33.4 Å². The highest BCUT2D eigenvalue weighted by Crippen LogP contribution is 2.19. The monoisotopic (exact) mass is 320 g/mol. The van der Waals surface area contributed by atoms with Crippen LogP contribution >= 0.6 is 0 Å². The SMILES string of the molecule is Cc1ccccc1NCC(=O)NN=Cc1c(C)[nH]c2ccccc12. The Morgan fingerprint density at radius 1 is 1.12 bits per heavy atom. The quantitative estimate of drug-likeness (QED) is 0.498. The molecule has 0 bridgehead atoms. The van der Waals surface area contributed by atoms with Crippen LogP contribution in [0.3, 0.4) is 0 Å². The first-order chi connectivity index (χ1) is 11.6. The van der Waals surface area contributed by atoms with Gasteiger partial charge in [-0.25, -0.2) is 5.43 Å². The van der Waals surface area contributed by atoms with Gasteiger partial charge in [0.2, 0.25) is 0 Å². The van der Waals surface area contributed by atoms with E-state index in [9.17, 15) is 4.79 Å². The molecular formula is C19H20N4O. The molecule has 24 heavy (non-hydrogen) atoms. The number of aryl methyl sites for hydroxylation is 2. The van der Waals surface area contributed by atoms with Crippen LogP contribution in [-0.4, -0.2) is 23.7 Å². The van der Waals surface area contributed by atoms with Gasteiger partial charge in [-0.15, -0.1) is 0 Å². The Morgan fingerprint density at radius 2 is 1.88 bits per heavy atom. The molecule has 0 aliphatic rings. The molecule has 0 aliphatic carbocycles. The van der Waals surface area contributed by atoms with E-state index in [4.69, 9.17) is 0 Å². The summed E-state index contributed by atoms with van der Waals surface area (Å²) in [5.41, 5.74) is 7.67. The molecule has 5 nitrogen and oxygen atoms in total. The molecule has 3 aromatic rings. The highest BCUT2D eigenvalue weighted by Gasteiger charge is 2.06. The minimum absolute atomic E-state index is 0.176.